The lowest BCUT2D eigenvalue weighted by Crippen LogP contribution is -2.48. The third-order valence-electron chi connectivity index (χ3n) is 6.41. The Morgan fingerprint density at radius 3 is 2.03 bits per heavy atom. The topological polar surface area (TPSA) is 56.7 Å². The molecule has 5 heteroatoms. The zero-order valence-corrected chi connectivity index (χ0v) is 18.7. The quantitative estimate of drug-likeness (QED) is 0.468. The van der Waals surface area contributed by atoms with Crippen molar-refractivity contribution in [2.45, 2.75) is 13.0 Å². The smallest absolute Gasteiger partial charge is 0.335 e. The first-order chi connectivity index (χ1) is 16.1. The minimum atomic E-state index is -0.915. The van der Waals surface area contributed by atoms with Crippen LogP contribution < -0.4 is 4.90 Å². The molecule has 2 heterocycles. The lowest BCUT2D eigenvalue weighted by molar-refractivity contribution is 0.0697. The van der Waals surface area contributed by atoms with Crippen molar-refractivity contribution in [3.8, 4) is 0 Å². The summed E-state index contributed by atoms with van der Waals surface area (Å²) in [6.07, 6.45) is 0. The largest absolute Gasteiger partial charge is 0.478 e. The monoisotopic (exact) mass is 437 g/mol. The van der Waals surface area contributed by atoms with Crippen molar-refractivity contribution in [2.75, 3.05) is 31.1 Å². The number of carboxylic acids is 1. The van der Waals surface area contributed by atoms with Gasteiger partial charge in [0, 0.05) is 42.9 Å². The van der Waals surface area contributed by atoms with Crippen LogP contribution in [-0.4, -0.2) is 47.1 Å². The maximum Gasteiger partial charge on any atom is 0.335 e. The lowest BCUT2D eigenvalue weighted by atomic mass is 9.96. The number of rotatable bonds is 5. The second kappa shape index (κ2) is 9.04. The zero-order chi connectivity index (χ0) is 22.8. The van der Waals surface area contributed by atoms with Crippen LogP contribution in [0, 0.1) is 6.92 Å². The second-order valence-corrected chi connectivity index (χ2v) is 8.57. The number of aromatic carboxylic acids is 1. The molecule has 0 saturated carbocycles. The van der Waals surface area contributed by atoms with E-state index in [1.165, 1.54) is 11.1 Å². The number of aryl methyl sites for hydroxylation is 1. The minimum Gasteiger partial charge on any atom is -0.478 e. The van der Waals surface area contributed by atoms with Gasteiger partial charge >= 0.3 is 5.97 Å². The fraction of sp³-hybridized carbons (Fsp3) is 0.214. The molecule has 5 rings (SSSR count). The van der Waals surface area contributed by atoms with Gasteiger partial charge in [0.05, 0.1) is 17.1 Å². The van der Waals surface area contributed by atoms with Crippen LogP contribution in [0.4, 0.5) is 5.69 Å². The molecule has 0 bridgehead atoms. The third kappa shape index (κ3) is 4.32. The number of hydrogen-bond donors (Lipinski definition) is 1. The maximum atomic E-state index is 11.5. The average molecular weight is 438 g/mol. The molecule has 0 radical (unpaired) electrons. The first kappa shape index (κ1) is 21.2. The summed E-state index contributed by atoms with van der Waals surface area (Å²) >= 11 is 0. The lowest BCUT2D eigenvalue weighted by Gasteiger charge is -2.41. The van der Waals surface area contributed by atoms with E-state index in [-0.39, 0.29) is 6.04 Å². The standard InChI is InChI=1S/C28H27N3O2/c1-20-18-26(24-19-23(28(32)33)12-13-25(24)29-20)30-14-16-31(17-15-30)27(21-8-4-2-5-9-21)22-10-6-3-7-11-22/h2-13,18-19,27H,14-17H2,1H3,(H,32,33). The van der Waals surface area contributed by atoms with Crippen LogP contribution in [0.5, 0.6) is 0 Å². The van der Waals surface area contributed by atoms with Crippen molar-refractivity contribution in [3.05, 3.63) is 107 Å². The van der Waals surface area contributed by atoms with Crippen LogP contribution >= 0.6 is 0 Å². The SMILES string of the molecule is Cc1cc(N2CCN(C(c3ccccc3)c3ccccc3)CC2)c2cc(C(=O)O)ccc2n1. The highest BCUT2D eigenvalue weighted by atomic mass is 16.4. The molecule has 4 aromatic rings. The van der Waals surface area contributed by atoms with Crippen LogP contribution in [0.1, 0.15) is 33.2 Å². The van der Waals surface area contributed by atoms with Gasteiger partial charge < -0.3 is 10.0 Å². The minimum absolute atomic E-state index is 0.212. The number of nitrogens with zero attached hydrogens (tertiary/aromatic N) is 3. The third-order valence-corrected chi connectivity index (χ3v) is 6.41. The number of benzene rings is 3. The molecule has 1 aromatic heterocycles. The van der Waals surface area contributed by atoms with Gasteiger partial charge in [-0.15, -0.1) is 0 Å². The van der Waals surface area contributed by atoms with Gasteiger partial charge in [-0.2, -0.15) is 0 Å². The Balaban J connectivity index is 1.44. The Bertz CT molecular complexity index is 1230. The molecule has 33 heavy (non-hydrogen) atoms. The van der Waals surface area contributed by atoms with Gasteiger partial charge in [-0.05, 0) is 42.3 Å². The number of pyridine rings is 1. The Morgan fingerprint density at radius 1 is 0.848 bits per heavy atom. The van der Waals surface area contributed by atoms with Crippen molar-refractivity contribution >= 4 is 22.6 Å². The van der Waals surface area contributed by atoms with E-state index in [2.05, 4.69) is 81.5 Å². The molecule has 0 aliphatic carbocycles. The van der Waals surface area contributed by atoms with Crippen molar-refractivity contribution in [1.82, 2.24) is 9.88 Å². The fourth-order valence-corrected chi connectivity index (χ4v) is 4.84. The molecule has 1 aliphatic heterocycles. The van der Waals surface area contributed by atoms with Gasteiger partial charge in [0.1, 0.15) is 0 Å². The van der Waals surface area contributed by atoms with E-state index in [1.807, 2.05) is 13.0 Å². The summed E-state index contributed by atoms with van der Waals surface area (Å²) in [6, 6.07) is 28.8. The summed E-state index contributed by atoms with van der Waals surface area (Å²) in [7, 11) is 0. The van der Waals surface area contributed by atoms with Crippen LogP contribution in [0.25, 0.3) is 10.9 Å². The average Bonchev–Trinajstić information content (AvgIpc) is 2.85. The van der Waals surface area contributed by atoms with Crippen molar-refractivity contribution < 1.29 is 9.90 Å². The molecule has 3 aromatic carbocycles. The summed E-state index contributed by atoms with van der Waals surface area (Å²) in [5.41, 5.74) is 5.73. The number of carboxylic acid groups (broad SMARTS) is 1. The van der Waals surface area contributed by atoms with Gasteiger partial charge in [-0.3, -0.25) is 9.88 Å². The summed E-state index contributed by atoms with van der Waals surface area (Å²) in [6.45, 7) is 5.55. The number of carbonyl (C=O) groups is 1. The highest BCUT2D eigenvalue weighted by Gasteiger charge is 2.27. The molecule has 1 aliphatic rings. The van der Waals surface area contributed by atoms with Crippen LogP contribution in [0.15, 0.2) is 84.9 Å². The summed E-state index contributed by atoms with van der Waals surface area (Å²) < 4.78 is 0. The van der Waals surface area contributed by atoms with E-state index < -0.39 is 5.97 Å². The van der Waals surface area contributed by atoms with Gasteiger partial charge in [-0.25, -0.2) is 4.79 Å². The van der Waals surface area contributed by atoms with Gasteiger partial charge in [0.15, 0.2) is 0 Å². The number of hydrogen-bond acceptors (Lipinski definition) is 4. The second-order valence-electron chi connectivity index (χ2n) is 8.57. The van der Waals surface area contributed by atoms with Crippen LogP contribution in [0.3, 0.4) is 0 Å². The van der Waals surface area contributed by atoms with Crippen molar-refractivity contribution in [2.24, 2.45) is 0 Å². The zero-order valence-electron chi connectivity index (χ0n) is 18.7. The van der Waals surface area contributed by atoms with E-state index in [1.54, 1.807) is 12.1 Å². The molecule has 5 nitrogen and oxygen atoms in total. The summed E-state index contributed by atoms with van der Waals surface area (Å²) in [4.78, 5) is 21.1. The Kier molecular flexibility index (Phi) is 5.80. The number of fused-ring (bicyclic) bond motifs is 1. The molecule has 1 fully saturated rings. The molecule has 0 spiro atoms. The summed E-state index contributed by atoms with van der Waals surface area (Å²) in [5.74, 6) is -0.915. The van der Waals surface area contributed by atoms with E-state index in [9.17, 15) is 9.90 Å². The highest BCUT2D eigenvalue weighted by Crippen LogP contribution is 2.33. The Morgan fingerprint density at radius 2 is 1.45 bits per heavy atom. The first-order valence-corrected chi connectivity index (χ1v) is 11.3. The summed E-state index contributed by atoms with van der Waals surface area (Å²) in [5, 5.41) is 10.4. The van der Waals surface area contributed by atoms with Crippen LogP contribution in [0.2, 0.25) is 0 Å². The van der Waals surface area contributed by atoms with Gasteiger partial charge in [0.2, 0.25) is 0 Å². The first-order valence-electron chi connectivity index (χ1n) is 11.3. The van der Waals surface area contributed by atoms with Gasteiger partial charge in [-0.1, -0.05) is 60.7 Å². The number of piperazine rings is 1. The van der Waals surface area contributed by atoms with Crippen LogP contribution in [-0.2, 0) is 0 Å². The molecule has 0 amide bonds. The Labute approximate surface area is 193 Å². The highest BCUT2D eigenvalue weighted by molar-refractivity contribution is 5.98. The molecular weight excluding hydrogens is 410 g/mol. The van der Waals surface area contributed by atoms with E-state index in [0.717, 1.165) is 48.5 Å². The molecular formula is C28H27N3O2. The molecule has 0 atom stereocenters. The predicted octanol–water partition coefficient (Wildman–Crippen LogP) is 5.15. The predicted molar refractivity (Wildman–Crippen MR) is 132 cm³/mol. The number of anilines is 1. The van der Waals surface area contributed by atoms with Crippen molar-refractivity contribution in [1.29, 1.82) is 0 Å². The maximum absolute atomic E-state index is 11.5. The van der Waals surface area contributed by atoms with Gasteiger partial charge in [0.25, 0.3) is 0 Å². The van der Waals surface area contributed by atoms with E-state index in [0.29, 0.717) is 5.56 Å². The molecule has 1 saturated heterocycles. The van der Waals surface area contributed by atoms with E-state index in [4.69, 9.17) is 0 Å². The fourth-order valence-electron chi connectivity index (χ4n) is 4.84. The Hall–Kier alpha value is -3.70. The van der Waals surface area contributed by atoms with Crippen molar-refractivity contribution in [3.63, 3.8) is 0 Å². The molecule has 1 N–H and O–H groups in total. The van der Waals surface area contributed by atoms with E-state index >= 15 is 0 Å². The normalized spacial score (nSPS) is 14.7. The molecule has 0 unspecified atom stereocenters. The molecule has 166 valence electrons. The number of aromatic nitrogens is 1.